The molecule has 7 rings (SSSR count). The molecule has 1 aliphatic rings. The van der Waals surface area contributed by atoms with E-state index in [1.165, 1.54) is 22.7 Å². The van der Waals surface area contributed by atoms with E-state index in [2.05, 4.69) is 34.6 Å². The van der Waals surface area contributed by atoms with Gasteiger partial charge < -0.3 is 28.4 Å². The van der Waals surface area contributed by atoms with E-state index in [9.17, 15) is 19.2 Å². The van der Waals surface area contributed by atoms with Crippen LogP contribution >= 0.6 is 45.9 Å². The van der Waals surface area contributed by atoms with Crippen LogP contribution in [0.2, 0.25) is 10.0 Å². The Kier molecular flexibility index (Phi) is 17.2. The highest BCUT2D eigenvalue weighted by Gasteiger charge is 2.50. The fourth-order valence-corrected chi connectivity index (χ4v) is 12.5. The summed E-state index contributed by atoms with van der Waals surface area (Å²) in [4.78, 5) is 54.7. The molecule has 382 valence electrons. The highest BCUT2D eigenvalue weighted by molar-refractivity contribution is 7.25. The molecule has 6 aromatic rings. The quantitative estimate of drug-likeness (QED) is 0.0512. The average Bonchev–Trinajstić information content (AvgIpc) is 3.34. The molecule has 0 radical (unpaired) electrons. The maximum atomic E-state index is 14.0. The van der Waals surface area contributed by atoms with Crippen LogP contribution in [-0.4, -0.2) is 72.6 Å². The Balaban J connectivity index is 0.905. The third-order valence-corrected chi connectivity index (χ3v) is 17.7. The Labute approximate surface area is 435 Å². The molecule has 0 N–H and O–H groups in total. The Morgan fingerprint density at radius 2 is 1.20 bits per heavy atom. The molecule has 0 aliphatic heterocycles. The Morgan fingerprint density at radius 3 is 1.68 bits per heavy atom. The lowest BCUT2D eigenvalue weighted by Crippen LogP contribution is -2.56. The molecular weight excluding hydrogens is 980 g/mol. The van der Waals surface area contributed by atoms with E-state index in [1.54, 1.807) is 43.3 Å². The molecule has 4 aromatic carbocycles. The van der Waals surface area contributed by atoms with Crippen LogP contribution in [-0.2, 0) is 28.5 Å². The smallest absolute Gasteiger partial charge is 0.201 e. The van der Waals surface area contributed by atoms with Gasteiger partial charge in [0.15, 0.2) is 10.9 Å². The Hall–Kier alpha value is -3.98. The van der Waals surface area contributed by atoms with Crippen LogP contribution in [0.3, 0.4) is 0 Å². The van der Waals surface area contributed by atoms with E-state index >= 15 is 0 Å². The molecular formula is C57H68Cl2O10S2. The van der Waals surface area contributed by atoms with Crippen LogP contribution in [0, 0.1) is 5.41 Å². The minimum atomic E-state index is -1.12. The van der Waals surface area contributed by atoms with Gasteiger partial charge in [-0.3, -0.25) is 19.2 Å². The minimum absolute atomic E-state index is 0.149. The van der Waals surface area contributed by atoms with E-state index in [0.29, 0.717) is 104 Å². The summed E-state index contributed by atoms with van der Waals surface area (Å²) >= 11 is 15.9. The molecule has 2 heterocycles. The van der Waals surface area contributed by atoms with Gasteiger partial charge in [-0.25, -0.2) is 0 Å². The van der Waals surface area contributed by atoms with Crippen molar-refractivity contribution in [2.24, 2.45) is 5.41 Å². The van der Waals surface area contributed by atoms with Crippen LogP contribution in [0.15, 0.2) is 82.4 Å². The standard InChI is InChI=1S/C57H68Cl2O10S2/c1-11-54(9,28-35(6)68-55(10,12-2)45(60)31-64-41-26-24-39(58)47-49(62)37-20-16-18-22-43(37)70-51(41)47)66-33-53(7,8)34-67-56(13-3)29-36(30-56)69-57(14-4,15-5)46(61)32-65-42-27-25-40(59)48-50(63)38-21-17-19-23-44(38)71-52(42)48/h16-27,35-36H,11-15,28-34H2,1-10H3. The summed E-state index contributed by atoms with van der Waals surface area (Å²) in [6.07, 6.45) is 4.33. The molecule has 2 aromatic heterocycles. The number of hydrogen-bond acceptors (Lipinski definition) is 12. The molecule has 71 heavy (non-hydrogen) atoms. The zero-order valence-electron chi connectivity index (χ0n) is 42.7. The number of fused-ring (bicyclic) bond motifs is 4. The zero-order chi connectivity index (χ0) is 51.5. The van der Waals surface area contributed by atoms with Gasteiger partial charge >= 0.3 is 0 Å². The monoisotopic (exact) mass is 1050 g/mol. The molecule has 0 amide bonds. The van der Waals surface area contributed by atoms with E-state index in [1.807, 2.05) is 64.1 Å². The molecule has 1 saturated carbocycles. The number of ether oxygens (including phenoxy) is 6. The first-order chi connectivity index (χ1) is 33.7. The first-order valence-corrected chi connectivity index (χ1v) is 27.3. The van der Waals surface area contributed by atoms with Gasteiger partial charge in [-0.05, 0) is 101 Å². The SMILES string of the molecule is CCC(C)(CC(C)OC(C)(CC)C(=O)COc1ccc(Cl)c2c(=O)c3ccccc3sc12)OCC(C)(C)COC1(CC)CC(OC(CC)(CC)C(=O)COc2ccc(Cl)c3c(=O)c4ccccc4sc23)C1. The van der Waals surface area contributed by atoms with Crippen molar-refractivity contribution >= 4 is 97.8 Å². The van der Waals surface area contributed by atoms with E-state index < -0.39 is 16.8 Å². The second-order valence-electron chi connectivity index (χ2n) is 20.4. The number of carbonyl (C=O) groups excluding carboxylic acids is 2. The highest BCUT2D eigenvalue weighted by atomic mass is 35.5. The van der Waals surface area contributed by atoms with Gasteiger partial charge in [-0.2, -0.15) is 0 Å². The van der Waals surface area contributed by atoms with Gasteiger partial charge in [0.05, 0.1) is 66.8 Å². The Morgan fingerprint density at radius 1 is 0.690 bits per heavy atom. The summed E-state index contributed by atoms with van der Waals surface area (Å²) in [6, 6.07) is 21.5. The van der Waals surface area contributed by atoms with Gasteiger partial charge in [0.1, 0.15) is 35.9 Å². The summed E-state index contributed by atoms with van der Waals surface area (Å²) in [5, 5.41) is 2.65. The lowest BCUT2D eigenvalue weighted by molar-refractivity contribution is -0.224. The fraction of sp³-hybridized carbons (Fsp3) is 0.509. The third kappa shape index (κ3) is 11.7. The molecule has 0 saturated heterocycles. The molecule has 1 aliphatic carbocycles. The number of ketones is 2. The first kappa shape index (κ1) is 54.8. The van der Waals surface area contributed by atoms with Crippen LogP contribution in [0.25, 0.3) is 40.3 Å². The second kappa shape index (κ2) is 22.2. The lowest BCUT2D eigenvalue weighted by Gasteiger charge is -2.50. The number of benzene rings is 4. The van der Waals surface area contributed by atoms with Crippen LogP contribution in [0.4, 0.5) is 0 Å². The van der Waals surface area contributed by atoms with Crippen molar-refractivity contribution in [2.75, 3.05) is 26.4 Å². The van der Waals surface area contributed by atoms with Crippen molar-refractivity contribution in [3.63, 3.8) is 0 Å². The zero-order valence-corrected chi connectivity index (χ0v) is 45.9. The number of Topliss-reactive ketones (excluding diaryl/α,β-unsaturated/α-hetero) is 2. The summed E-state index contributed by atoms with van der Waals surface area (Å²) in [5.41, 5.74) is -3.74. The molecule has 14 heteroatoms. The normalized spacial score (nSPS) is 18.6. The second-order valence-corrected chi connectivity index (χ2v) is 23.3. The number of rotatable bonds is 25. The third-order valence-electron chi connectivity index (χ3n) is 14.7. The van der Waals surface area contributed by atoms with E-state index in [0.717, 1.165) is 22.2 Å². The topological polar surface area (TPSA) is 124 Å². The first-order valence-electron chi connectivity index (χ1n) is 24.9. The van der Waals surface area contributed by atoms with E-state index in [4.69, 9.17) is 51.6 Å². The van der Waals surface area contributed by atoms with Crippen molar-refractivity contribution in [3.8, 4) is 11.5 Å². The van der Waals surface area contributed by atoms with Crippen molar-refractivity contribution in [1.29, 1.82) is 0 Å². The largest absolute Gasteiger partial charge is 0.484 e. The number of halogens is 2. The number of carbonyl (C=O) groups is 2. The maximum absolute atomic E-state index is 14.0. The minimum Gasteiger partial charge on any atom is -0.484 e. The van der Waals surface area contributed by atoms with E-state index in [-0.39, 0.29) is 58.9 Å². The predicted octanol–water partition coefficient (Wildman–Crippen LogP) is 14.1. The van der Waals surface area contributed by atoms with Gasteiger partial charge in [-0.1, -0.05) is 95.9 Å². The Bertz CT molecular complexity index is 3030. The van der Waals surface area contributed by atoms with Crippen molar-refractivity contribution in [2.45, 2.75) is 155 Å². The molecule has 3 atom stereocenters. The molecule has 0 bridgehead atoms. The van der Waals surface area contributed by atoms with Gasteiger partial charge in [0.2, 0.25) is 11.6 Å². The summed E-state index contributed by atoms with van der Waals surface area (Å²) < 4.78 is 41.9. The van der Waals surface area contributed by atoms with Crippen LogP contribution < -0.4 is 20.3 Å². The summed E-state index contributed by atoms with van der Waals surface area (Å²) in [6.45, 7) is 20.7. The fourth-order valence-electron chi connectivity index (χ4n) is 9.54. The van der Waals surface area contributed by atoms with Gasteiger partial charge in [0.25, 0.3) is 0 Å². The summed E-state index contributed by atoms with van der Waals surface area (Å²) in [5.74, 6) is 0.514. The molecule has 3 unspecified atom stereocenters. The highest BCUT2D eigenvalue weighted by Crippen LogP contribution is 2.45. The number of hydrogen-bond donors (Lipinski definition) is 0. The van der Waals surface area contributed by atoms with Gasteiger partial charge in [0, 0.05) is 44.8 Å². The van der Waals surface area contributed by atoms with Crippen molar-refractivity contribution in [3.05, 3.63) is 103 Å². The maximum Gasteiger partial charge on any atom is 0.201 e. The predicted molar refractivity (Wildman–Crippen MR) is 291 cm³/mol. The lowest BCUT2D eigenvalue weighted by atomic mass is 9.74. The van der Waals surface area contributed by atoms with Crippen molar-refractivity contribution in [1.82, 2.24) is 0 Å². The van der Waals surface area contributed by atoms with Crippen molar-refractivity contribution < 1.29 is 38.0 Å². The molecule has 0 spiro atoms. The van der Waals surface area contributed by atoms with Crippen LogP contribution in [0.1, 0.15) is 121 Å². The molecule has 1 fully saturated rings. The van der Waals surface area contributed by atoms with Gasteiger partial charge in [-0.15, -0.1) is 22.7 Å². The average molecular weight is 1050 g/mol. The summed E-state index contributed by atoms with van der Waals surface area (Å²) in [7, 11) is 0. The van der Waals surface area contributed by atoms with Crippen LogP contribution in [0.5, 0.6) is 11.5 Å². The molecule has 10 nitrogen and oxygen atoms in total.